The van der Waals surface area contributed by atoms with Crippen LogP contribution in [0.5, 0.6) is 0 Å². The van der Waals surface area contributed by atoms with E-state index in [-0.39, 0.29) is 29.0 Å². The van der Waals surface area contributed by atoms with Crippen LogP contribution in [0.1, 0.15) is 48.5 Å². The SMILES string of the molecule is CCC(=O)[O][Ti]([O]C(=O)CC)([C]1=CC=CC1)([CH]1C=Cc2ccccc21)=[Si](C)C. The predicted octanol–water partition coefficient (Wildman–Crippen LogP) is 5.28. The van der Waals surface area contributed by atoms with Gasteiger partial charge < -0.3 is 0 Å². The Morgan fingerprint density at radius 2 is 1.75 bits per heavy atom. The maximum absolute atomic E-state index is 12.8. The van der Waals surface area contributed by atoms with Gasteiger partial charge in [0, 0.05) is 0 Å². The molecule has 1 atom stereocenters. The van der Waals surface area contributed by atoms with E-state index in [1.54, 1.807) is 13.8 Å². The quantitative estimate of drug-likeness (QED) is 0.575. The fourth-order valence-corrected chi connectivity index (χ4v) is 23.4. The van der Waals surface area contributed by atoms with Crippen LogP contribution >= 0.6 is 0 Å². The zero-order valence-electron chi connectivity index (χ0n) is 17.0. The summed E-state index contributed by atoms with van der Waals surface area (Å²) in [6, 6.07) is 8.15. The average Bonchev–Trinajstić information content (AvgIpc) is 3.37. The van der Waals surface area contributed by atoms with Crippen LogP contribution in [0.15, 0.2) is 52.4 Å². The molecule has 2 aliphatic carbocycles. The topological polar surface area (TPSA) is 52.6 Å². The monoisotopic (exact) mass is 432 g/mol. The minimum atomic E-state index is -4.83. The Kier molecular flexibility index (Phi) is 5.99. The van der Waals surface area contributed by atoms with Gasteiger partial charge in [-0.25, -0.2) is 0 Å². The first-order valence-electron chi connectivity index (χ1n) is 9.92. The van der Waals surface area contributed by atoms with Crippen molar-refractivity contribution >= 4 is 24.2 Å². The summed E-state index contributed by atoms with van der Waals surface area (Å²) in [5.41, 5.74) is 2.21. The predicted molar refractivity (Wildman–Crippen MR) is 110 cm³/mol. The molecule has 0 heterocycles. The van der Waals surface area contributed by atoms with Crippen LogP contribution in [0.3, 0.4) is 0 Å². The number of benzene rings is 1. The number of hydrogen-bond acceptors (Lipinski definition) is 4. The summed E-state index contributed by atoms with van der Waals surface area (Å²) in [4.78, 5) is 25.6. The Morgan fingerprint density at radius 1 is 1.11 bits per heavy atom. The fourth-order valence-electron chi connectivity index (χ4n) is 4.42. The third-order valence-corrected chi connectivity index (χ3v) is 27.1. The van der Waals surface area contributed by atoms with E-state index in [2.05, 4.69) is 43.5 Å². The summed E-state index contributed by atoms with van der Waals surface area (Å²) in [6.45, 7) is 7.87. The number of carbonyl (C=O) groups excluding carboxylic acids is 2. The minimum absolute atomic E-state index is 0.186. The van der Waals surface area contributed by atoms with Gasteiger partial charge in [0.05, 0.1) is 0 Å². The molecule has 0 radical (unpaired) electrons. The fraction of sp³-hybridized carbons (Fsp3) is 0.364. The van der Waals surface area contributed by atoms with Crippen molar-refractivity contribution in [2.45, 2.75) is 50.4 Å². The zero-order chi connectivity index (χ0) is 20.4. The number of carbonyl (C=O) groups is 2. The van der Waals surface area contributed by atoms with Crippen LogP contribution in [0.4, 0.5) is 0 Å². The number of rotatable bonds is 6. The molecule has 2 aliphatic rings. The molecule has 0 aliphatic heterocycles. The summed E-state index contributed by atoms with van der Waals surface area (Å²) in [7, 11) is 0. The van der Waals surface area contributed by atoms with Gasteiger partial charge in [0.15, 0.2) is 0 Å². The van der Waals surface area contributed by atoms with Crippen molar-refractivity contribution in [3.63, 3.8) is 0 Å². The van der Waals surface area contributed by atoms with Crippen LogP contribution < -0.4 is 0 Å². The first-order chi connectivity index (χ1) is 13.4. The van der Waals surface area contributed by atoms with Crippen molar-refractivity contribution < 1.29 is 31.0 Å². The van der Waals surface area contributed by atoms with Crippen LogP contribution in [0.25, 0.3) is 6.08 Å². The van der Waals surface area contributed by atoms with Crippen molar-refractivity contribution in [2.75, 3.05) is 0 Å². The summed E-state index contributed by atoms with van der Waals surface area (Å²) >= 11 is -4.83. The average molecular weight is 432 g/mol. The molecular weight excluding hydrogens is 404 g/mol. The van der Waals surface area contributed by atoms with Crippen molar-refractivity contribution in [2.24, 2.45) is 0 Å². The number of allylic oxidation sites excluding steroid dienone is 5. The molecule has 0 saturated carbocycles. The zero-order valence-corrected chi connectivity index (χ0v) is 19.6. The summed E-state index contributed by atoms with van der Waals surface area (Å²) in [5, 5.41) is 0. The van der Waals surface area contributed by atoms with Crippen LogP contribution in [-0.4, -0.2) is 18.1 Å². The Hall–Kier alpha value is -1.69. The van der Waals surface area contributed by atoms with Crippen molar-refractivity contribution in [1.29, 1.82) is 0 Å². The van der Waals surface area contributed by atoms with Gasteiger partial charge >= 0.3 is 169 Å². The van der Waals surface area contributed by atoms with E-state index in [4.69, 9.17) is 6.64 Å². The van der Waals surface area contributed by atoms with E-state index in [1.165, 1.54) is 0 Å². The third-order valence-electron chi connectivity index (χ3n) is 5.90. The van der Waals surface area contributed by atoms with Gasteiger partial charge in [0.1, 0.15) is 0 Å². The molecule has 0 N–H and O–H groups in total. The molecule has 28 heavy (non-hydrogen) atoms. The van der Waals surface area contributed by atoms with Gasteiger partial charge in [0.25, 0.3) is 0 Å². The molecule has 0 bridgehead atoms. The summed E-state index contributed by atoms with van der Waals surface area (Å²) in [6.07, 6.45) is 10.1. The molecule has 0 amide bonds. The molecule has 148 valence electrons. The normalized spacial score (nSPS) is 17.9. The second kappa shape index (κ2) is 7.97. The van der Waals surface area contributed by atoms with E-state index in [0.29, 0.717) is 6.42 Å². The summed E-state index contributed by atoms with van der Waals surface area (Å²) < 4.78 is 13.9. The molecule has 1 unspecified atom stereocenters. The van der Waals surface area contributed by atoms with Crippen LogP contribution in [0.2, 0.25) is 13.1 Å². The molecule has 0 spiro atoms. The first-order valence-corrected chi connectivity index (χ1v) is 17.7. The van der Waals surface area contributed by atoms with Crippen molar-refractivity contribution in [3.05, 3.63) is 63.6 Å². The molecule has 3 rings (SSSR count). The Morgan fingerprint density at radius 3 is 2.29 bits per heavy atom. The first kappa shape index (κ1) is 21.0. The molecule has 0 aromatic heterocycles. The van der Waals surface area contributed by atoms with E-state index >= 15 is 0 Å². The molecule has 1 aromatic rings. The molecule has 1 aromatic carbocycles. The Bertz CT molecular complexity index is 958. The van der Waals surface area contributed by atoms with Gasteiger partial charge in [-0.15, -0.1) is 0 Å². The van der Waals surface area contributed by atoms with Gasteiger partial charge in [-0.2, -0.15) is 0 Å². The van der Waals surface area contributed by atoms with E-state index in [9.17, 15) is 9.59 Å². The maximum atomic E-state index is 12.8. The second-order valence-electron chi connectivity index (χ2n) is 7.59. The molecule has 4 nitrogen and oxygen atoms in total. The summed E-state index contributed by atoms with van der Waals surface area (Å²) in [5.74, 6) is -0.560. The van der Waals surface area contributed by atoms with Crippen LogP contribution in [-0.2, 0) is 31.0 Å². The second-order valence-corrected chi connectivity index (χ2v) is 24.4. The molecule has 6 heteroatoms. The van der Waals surface area contributed by atoms with Crippen molar-refractivity contribution in [1.82, 2.24) is 0 Å². The standard InChI is InChI=1S/C9H7.C5H5.2C3H6O2.C2H6Si.Ti/c1-2-5-9-7-3-6-8(9)4-1;1-2-4-5-3-1;2*1-2-3(4)5;1-3-2;/h1-7H;1-3H,4H2;2*2H2,1H3,(H,4,5);1-2H3;/q;;;;;+2/p-2. The van der Waals surface area contributed by atoms with Gasteiger partial charge in [-0.1, -0.05) is 0 Å². The van der Waals surface area contributed by atoms with E-state index in [0.717, 1.165) is 15.0 Å². The third kappa shape index (κ3) is 3.10. The molecular formula is C22H28O4SiTi. The van der Waals surface area contributed by atoms with Gasteiger partial charge in [-0.3, -0.25) is 0 Å². The molecule has 0 saturated heterocycles. The number of hydrogen-bond donors (Lipinski definition) is 0. The van der Waals surface area contributed by atoms with Gasteiger partial charge in [-0.05, 0) is 0 Å². The number of fused-ring (bicyclic) bond motifs is 1. The Balaban J connectivity index is 2.41. The van der Waals surface area contributed by atoms with E-state index in [1.807, 2.05) is 24.3 Å². The molecule has 0 fully saturated rings. The van der Waals surface area contributed by atoms with Crippen molar-refractivity contribution in [3.8, 4) is 0 Å². The van der Waals surface area contributed by atoms with Gasteiger partial charge in [0.2, 0.25) is 0 Å². The Labute approximate surface area is 169 Å². The van der Waals surface area contributed by atoms with Crippen LogP contribution in [0, 0.1) is 0 Å². The van der Waals surface area contributed by atoms with E-state index < -0.39 is 21.0 Å².